The van der Waals surface area contributed by atoms with Crippen molar-refractivity contribution in [3.05, 3.63) is 77.9 Å². The molecule has 0 bridgehead atoms. The molecule has 13 heteroatoms. The molecular formula is C23H16F7N3O2S. The molecule has 5 nitrogen and oxygen atoms in total. The van der Waals surface area contributed by atoms with Crippen molar-refractivity contribution >= 4 is 21.2 Å². The number of hydrazone groups is 1. The Hall–Kier alpha value is -3.48. The Labute approximate surface area is 200 Å². The first-order chi connectivity index (χ1) is 16.7. The van der Waals surface area contributed by atoms with Crippen molar-refractivity contribution in [1.82, 2.24) is 4.98 Å². The quantitative estimate of drug-likeness (QED) is 0.383. The molecule has 0 saturated heterocycles. The molecule has 0 spiro atoms. The van der Waals surface area contributed by atoms with Gasteiger partial charge in [-0.1, -0.05) is 24.3 Å². The van der Waals surface area contributed by atoms with E-state index in [0.29, 0.717) is 11.6 Å². The fourth-order valence-electron chi connectivity index (χ4n) is 3.71. The summed E-state index contributed by atoms with van der Waals surface area (Å²) in [5.41, 5.74) is -1.40. The second kappa shape index (κ2) is 8.87. The number of anilines is 1. The molecule has 36 heavy (non-hydrogen) atoms. The second-order valence-corrected chi connectivity index (χ2v) is 10.00. The van der Waals surface area contributed by atoms with Crippen molar-refractivity contribution < 1.29 is 39.2 Å². The van der Waals surface area contributed by atoms with Crippen molar-refractivity contribution in [3.63, 3.8) is 0 Å². The van der Waals surface area contributed by atoms with Crippen molar-refractivity contribution in [2.45, 2.75) is 29.6 Å². The molecule has 3 aromatic rings. The lowest BCUT2D eigenvalue weighted by atomic mass is 9.98. The van der Waals surface area contributed by atoms with Crippen LogP contribution in [-0.4, -0.2) is 37.5 Å². The molecule has 0 aliphatic carbocycles. The first-order valence-electron chi connectivity index (χ1n) is 10.2. The van der Waals surface area contributed by atoms with Crippen LogP contribution in [0.2, 0.25) is 0 Å². The van der Waals surface area contributed by atoms with Crippen LogP contribution < -0.4 is 5.01 Å². The van der Waals surface area contributed by atoms with Crippen LogP contribution in [0.1, 0.15) is 18.0 Å². The number of pyridine rings is 1. The van der Waals surface area contributed by atoms with Gasteiger partial charge in [-0.25, -0.2) is 22.2 Å². The number of rotatable bonds is 5. The number of nitrogens with zero attached hydrogens (tertiary/aromatic N) is 3. The molecule has 1 unspecified atom stereocenters. The number of hydrogen-bond acceptors (Lipinski definition) is 5. The molecule has 0 amide bonds. The standard InChI is InChI=1S/C23H16F7N3O2S/c1-36(34,35)21-7-3-6-18(31-21)13-4-2-5-15(10-13)33-19(16-9-8-14(24)11-17(16)25)12-20(32-33)22(26,27)23(28,29)30/h2-11,19H,12H2,1H3. The maximum atomic E-state index is 14.6. The number of halogens is 7. The predicted octanol–water partition coefficient (Wildman–Crippen LogP) is 5.94. The Morgan fingerprint density at radius 3 is 2.28 bits per heavy atom. The molecule has 2 aromatic carbocycles. The van der Waals surface area contributed by atoms with Gasteiger partial charge < -0.3 is 0 Å². The van der Waals surface area contributed by atoms with E-state index in [9.17, 15) is 39.2 Å². The number of alkyl halides is 5. The Morgan fingerprint density at radius 2 is 1.64 bits per heavy atom. The first kappa shape index (κ1) is 25.6. The molecule has 1 aliphatic rings. The van der Waals surface area contributed by atoms with E-state index in [0.717, 1.165) is 23.4 Å². The summed E-state index contributed by atoms with van der Waals surface area (Å²) in [6.07, 6.45) is -5.97. The molecule has 190 valence electrons. The molecule has 4 rings (SSSR count). The highest BCUT2D eigenvalue weighted by Gasteiger charge is 2.63. The van der Waals surface area contributed by atoms with Crippen molar-refractivity contribution in [1.29, 1.82) is 0 Å². The van der Waals surface area contributed by atoms with Crippen molar-refractivity contribution in [2.24, 2.45) is 5.10 Å². The van der Waals surface area contributed by atoms with Gasteiger partial charge in [0.1, 0.15) is 17.3 Å². The SMILES string of the molecule is CS(=O)(=O)c1cccc(-c2cccc(N3N=C(C(F)(F)C(F)(F)F)CC3c3ccc(F)cc3F)c2)n1. The normalized spacial score (nSPS) is 16.8. The van der Waals surface area contributed by atoms with Gasteiger partial charge >= 0.3 is 12.1 Å². The maximum Gasteiger partial charge on any atom is 0.459 e. The molecule has 0 radical (unpaired) electrons. The third-order valence-electron chi connectivity index (χ3n) is 5.46. The minimum atomic E-state index is -5.94. The lowest BCUT2D eigenvalue weighted by molar-refractivity contribution is -0.249. The maximum absolute atomic E-state index is 14.6. The van der Waals surface area contributed by atoms with E-state index < -0.39 is 51.7 Å². The highest BCUT2D eigenvalue weighted by atomic mass is 32.2. The van der Waals surface area contributed by atoms with Crippen LogP contribution in [0.5, 0.6) is 0 Å². The predicted molar refractivity (Wildman–Crippen MR) is 117 cm³/mol. The zero-order valence-corrected chi connectivity index (χ0v) is 19.1. The van der Waals surface area contributed by atoms with E-state index in [1.807, 2.05) is 0 Å². The molecule has 0 fully saturated rings. The topological polar surface area (TPSA) is 62.6 Å². The summed E-state index contributed by atoms with van der Waals surface area (Å²) in [6.45, 7) is 0. The van der Waals surface area contributed by atoms with Crippen LogP contribution in [-0.2, 0) is 9.84 Å². The second-order valence-electron chi connectivity index (χ2n) is 8.03. The lowest BCUT2D eigenvalue weighted by Crippen LogP contribution is -2.43. The molecule has 1 atom stereocenters. The van der Waals surface area contributed by atoms with Gasteiger partial charge in [-0.15, -0.1) is 0 Å². The van der Waals surface area contributed by atoms with Gasteiger partial charge in [0.25, 0.3) is 0 Å². The summed E-state index contributed by atoms with van der Waals surface area (Å²) < 4.78 is 119. The van der Waals surface area contributed by atoms with Gasteiger partial charge in [-0.2, -0.15) is 27.1 Å². The molecule has 1 aliphatic heterocycles. The van der Waals surface area contributed by atoms with Gasteiger partial charge in [-0.05, 0) is 30.3 Å². The van der Waals surface area contributed by atoms with Gasteiger partial charge in [0.15, 0.2) is 14.9 Å². The number of hydrogen-bond donors (Lipinski definition) is 0. The van der Waals surface area contributed by atoms with Gasteiger partial charge in [0.2, 0.25) is 0 Å². The summed E-state index contributed by atoms with van der Waals surface area (Å²) in [6, 6.07) is 10.6. The van der Waals surface area contributed by atoms with Crippen LogP contribution in [0, 0.1) is 11.6 Å². The molecule has 0 saturated carbocycles. The fraction of sp³-hybridized carbons (Fsp3) is 0.217. The average molecular weight is 531 g/mol. The highest BCUT2D eigenvalue weighted by molar-refractivity contribution is 7.90. The summed E-state index contributed by atoms with van der Waals surface area (Å²) in [4.78, 5) is 4.06. The Balaban J connectivity index is 1.83. The van der Waals surface area contributed by atoms with Crippen LogP contribution in [0.3, 0.4) is 0 Å². The van der Waals surface area contributed by atoms with Crippen LogP contribution in [0.25, 0.3) is 11.3 Å². The highest BCUT2D eigenvalue weighted by Crippen LogP contribution is 2.45. The molecule has 0 N–H and O–H groups in total. The monoisotopic (exact) mass is 531 g/mol. The number of sulfone groups is 1. The van der Waals surface area contributed by atoms with E-state index >= 15 is 0 Å². The van der Waals surface area contributed by atoms with Crippen LogP contribution in [0.4, 0.5) is 36.4 Å². The summed E-state index contributed by atoms with van der Waals surface area (Å²) in [5.74, 6) is -7.39. The summed E-state index contributed by atoms with van der Waals surface area (Å²) >= 11 is 0. The minimum Gasteiger partial charge on any atom is -0.257 e. The van der Waals surface area contributed by atoms with Crippen molar-refractivity contribution in [2.75, 3.05) is 11.3 Å². The first-order valence-corrected chi connectivity index (χ1v) is 12.1. The van der Waals surface area contributed by atoms with Crippen LogP contribution in [0.15, 0.2) is 70.8 Å². The Morgan fingerprint density at radius 1 is 0.944 bits per heavy atom. The summed E-state index contributed by atoms with van der Waals surface area (Å²) in [7, 11) is -3.66. The third kappa shape index (κ3) is 4.79. The van der Waals surface area contributed by atoms with E-state index in [2.05, 4.69) is 10.1 Å². The average Bonchev–Trinajstić information content (AvgIpc) is 3.24. The van der Waals surface area contributed by atoms with Crippen molar-refractivity contribution in [3.8, 4) is 11.3 Å². The number of aromatic nitrogens is 1. The number of benzene rings is 2. The zero-order chi connectivity index (χ0) is 26.5. The molecule has 2 heterocycles. The van der Waals surface area contributed by atoms with Gasteiger partial charge in [0, 0.05) is 29.9 Å². The van der Waals surface area contributed by atoms with E-state index in [-0.39, 0.29) is 22.0 Å². The third-order valence-corrected chi connectivity index (χ3v) is 6.45. The smallest absolute Gasteiger partial charge is 0.257 e. The van der Waals surface area contributed by atoms with Crippen LogP contribution >= 0.6 is 0 Å². The minimum absolute atomic E-state index is 0.000702. The molecular weight excluding hydrogens is 515 g/mol. The Bertz CT molecular complexity index is 1460. The Kier molecular flexibility index (Phi) is 6.31. The van der Waals surface area contributed by atoms with Gasteiger partial charge in [-0.3, -0.25) is 5.01 Å². The largest absolute Gasteiger partial charge is 0.459 e. The fourth-order valence-corrected chi connectivity index (χ4v) is 4.30. The van der Waals surface area contributed by atoms with Gasteiger partial charge in [0.05, 0.1) is 17.4 Å². The lowest BCUT2D eigenvalue weighted by Gasteiger charge is -2.25. The zero-order valence-electron chi connectivity index (χ0n) is 18.3. The van der Waals surface area contributed by atoms with E-state index in [1.165, 1.54) is 42.5 Å². The van der Waals surface area contributed by atoms with E-state index in [4.69, 9.17) is 0 Å². The van der Waals surface area contributed by atoms with E-state index in [1.54, 1.807) is 0 Å². The summed E-state index contributed by atoms with van der Waals surface area (Å²) in [5, 5.41) is 4.08. The molecule has 1 aromatic heterocycles.